The molecule has 0 aliphatic heterocycles. The summed E-state index contributed by atoms with van der Waals surface area (Å²) in [6, 6.07) is 5.27. The minimum absolute atomic E-state index is 0.0737. The van der Waals surface area contributed by atoms with Crippen molar-refractivity contribution in [2.45, 2.75) is 51.6 Å². The molecular weight excluding hydrogens is 293 g/mol. The Morgan fingerprint density at radius 2 is 1.68 bits per heavy atom. The van der Waals surface area contributed by atoms with Crippen molar-refractivity contribution >= 4 is 0 Å². The zero-order valence-electron chi connectivity index (χ0n) is 13.1. The van der Waals surface area contributed by atoms with Crippen LogP contribution in [0.15, 0.2) is 6.07 Å². The summed E-state index contributed by atoms with van der Waals surface area (Å²) in [5.74, 6) is 0. The van der Waals surface area contributed by atoms with Crippen molar-refractivity contribution in [1.29, 1.82) is 10.5 Å². The van der Waals surface area contributed by atoms with E-state index in [1.807, 2.05) is 20.8 Å². The van der Waals surface area contributed by atoms with Gasteiger partial charge in [-0.05, 0) is 12.5 Å². The Balaban J connectivity index is 3.05. The van der Waals surface area contributed by atoms with Crippen molar-refractivity contribution in [2.24, 2.45) is 12.5 Å². The summed E-state index contributed by atoms with van der Waals surface area (Å²) in [5, 5.41) is 22.8. The van der Waals surface area contributed by atoms with E-state index in [1.54, 1.807) is 25.3 Å². The van der Waals surface area contributed by atoms with Gasteiger partial charge < -0.3 is 0 Å². The van der Waals surface area contributed by atoms with Crippen LogP contribution in [0.2, 0.25) is 0 Å². The first kappa shape index (κ1) is 18.0. The topological polar surface area (TPSA) is 65.4 Å². The number of rotatable bonds is 4. The molecular formula is C15H19F3N4. The molecule has 4 nitrogen and oxygen atoms in total. The van der Waals surface area contributed by atoms with E-state index in [2.05, 4.69) is 5.10 Å². The van der Waals surface area contributed by atoms with Crippen LogP contribution in [0, 0.1) is 28.1 Å². The summed E-state index contributed by atoms with van der Waals surface area (Å²) >= 11 is 0. The van der Waals surface area contributed by atoms with Crippen molar-refractivity contribution in [3.05, 3.63) is 17.5 Å². The second-order valence-electron chi connectivity index (χ2n) is 6.49. The fraction of sp³-hybridized carbons (Fsp3) is 0.667. The molecule has 0 amide bonds. The molecule has 0 fully saturated rings. The van der Waals surface area contributed by atoms with Crippen molar-refractivity contribution in [3.8, 4) is 12.1 Å². The van der Waals surface area contributed by atoms with E-state index < -0.39 is 24.4 Å². The van der Waals surface area contributed by atoms with Crippen LogP contribution >= 0.6 is 0 Å². The van der Waals surface area contributed by atoms with Gasteiger partial charge in [-0.15, -0.1) is 0 Å². The van der Waals surface area contributed by atoms with Gasteiger partial charge in [0, 0.05) is 31.0 Å². The number of halogens is 3. The van der Waals surface area contributed by atoms with Gasteiger partial charge >= 0.3 is 6.18 Å². The van der Waals surface area contributed by atoms with Crippen LogP contribution in [-0.2, 0) is 18.9 Å². The maximum atomic E-state index is 12.4. The van der Waals surface area contributed by atoms with E-state index in [0.29, 0.717) is 5.69 Å². The highest BCUT2D eigenvalue weighted by Crippen LogP contribution is 2.34. The predicted molar refractivity (Wildman–Crippen MR) is 74.6 cm³/mol. The van der Waals surface area contributed by atoms with Gasteiger partial charge in [-0.25, -0.2) is 0 Å². The highest BCUT2D eigenvalue weighted by molar-refractivity contribution is 5.24. The van der Waals surface area contributed by atoms with Crippen LogP contribution in [0.25, 0.3) is 0 Å². The second-order valence-corrected chi connectivity index (χ2v) is 6.49. The first-order valence-electron chi connectivity index (χ1n) is 6.85. The number of hydrogen-bond acceptors (Lipinski definition) is 3. The molecule has 0 unspecified atom stereocenters. The number of nitrogens with zero attached hydrogens (tertiary/aromatic N) is 4. The predicted octanol–water partition coefficient (Wildman–Crippen LogP) is 3.64. The summed E-state index contributed by atoms with van der Waals surface area (Å²) < 4.78 is 38.7. The smallest absolute Gasteiger partial charge is 0.272 e. The molecule has 120 valence electrons. The maximum Gasteiger partial charge on any atom is 0.389 e. The molecule has 1 aromatic rings. The number of aromatic nitrogens is 2. The van der Waals surface area contributed by atoms with Gasteiger partial charge in [-0.3, -0.25) is 4.68 Å². The molecule has 0 spiro atoms. The van der Waals surface area contributed by atoms with Crippen LogP contribution in [0.3, 0.4) is 0 Å². The Morgan fingerprint density at radius 1 is 1.14 bits per heavy atom. The first-order chi connectivity index (χ1) is 9.92. The van der Waals surface area contributed by atoms with Crippen LogP contribution in [-0.4, -0.2) is 16.0 Å². The van der Waals surface area contributed by atoms with Crippen LogP contribution < -0.4 is 0 Å². The summed E-state index contributed by atoms with van der Waals surface area (Å²) in [4.78, 5) is 0. The molecule has 22 heavy (non-hydrogen) atoms. The lowest BCUT2D eigenvalue weighted by atomic mass is 9.81. The molecule has 1 heterocycles. The number of hydrogen-bond donors (Lipinski definition) is 0. The van der Waals surface area contributed by atoms with Crippen LogP contribution in [0.1, 0.15) is 45.0 Å². The third-order valence-electron chi connectivity index (χ3n) is 3.49. The monoisotopic (exact) mass is 312 g/mol. The number of alkyl halides is 3. The van der Waals surface area contributed by atoms with Crippen LogP contribution in [0.5, 0.6) is 0 Å². The molecule has 1 aromatic heterocycles. The summed E-state index contributed by atoms with van der Waals surface area (Å²) in [7, 11) is 1.66. The summed E-state index contributed by atoms with van der Waals surface area (Å²) in [6.45, 7) is 5.89. The Bertz CT molecular complexity index is 595. The molecule has 0 bridgehead atoms. The van der Waals surface area contributed by atoms with Gasteiger partial charge in [-0.1, -0.05) is 20.8 Å². The van der Waals surface area contributed by atoms with Gasteiger partial charge in [0.05, 0.1) is 17.8 Å². The largest absolute Gasteiger partial charge is 0.389 e. The Kier molecular flexibility index (Phi) is 4.92. The lowest BCUT2D eigenvalue weighted by Crippen LogP contribution is -2.24. The van der Waals surface area contributed by atoms with Crippen molar-refractivity contribution in [1.82, 2.24) is 9.78 Å². The maximum absolute atomic E-state index is 12.4. The molecule has 1 rings (SSSR count). The minimum atomic E-state index is -4.39. The quantitative estimate of drug-likeness (QED) is 0.852. The van der Waals surface area contributed by atoms with Gasteiger partial charge in [0.15, 0.2) is 0 Å². The molecule has 0 N–H and O–H groups in total. The van der Waals surface area contributed by atoms with Crippen molar-refractivity contribution in [3.63, 3.8) is 0 Å². The second kappa shape index (κ2) is 6.00. The van der Waals surface area contributed by atoms with Crippen molar-refractivity contribution in [2.75, 3.05) is 0 Å². The van der Waals surface area contributed by atoms with E-state index in [0.717, 1.165) is 5.69 Å². The fourth-order valence-corrected chi connectivity index (χ4v) is 2.01. The number of aryl methyl sites for hydroxylation is 1. The Hall–Kier alpha value is -2.02. The normalized spacial score (nSPS) is 12.8. The standard InChI is InChI=1S/C15H19F3N4/c1-13(2,3)12-7-11(22(4)21-12)8-14(9-19,10-20)5-6-15(16,17)18/h7H,5-6,8H2,1-4H3. The molecule has 0 radical (unpaired) electrons. The van der Waals surface area contributed by atoms with Gasteiger partial charge in [0.2, 0.25) is 0 Å². The molecule has 0 aliphatic carbocycles. The zero-order valence-corrected chi connectivity index (χ0v) is 13.1. The average Bonchev–Trinajstić information content (AvgIpc) is 2.75. The molecule has 0 aliphatic rings. The van der Waals surface area contributed by atoms with E-state index in [1.165, 1.54) is 4.68 Å². The van der Waals surface area contributed by atoms with Crippen LogP contribution in [0.4, 0.5) is 13.2 Å². The Labute approximate surface area is 128 Å². The number of nitriles is 2. The molecule has 7 heteroatoms. The third kappa shape index (κ3) is 4.49. The summed E-state index contributed by atoms with van der Waals surface area (Å²) in [5.41, 5.74) is -0.566. The highest BCUT2D eigenvalue weighted by atomic mass is 19.4. The first-order valence-corrected chi connectivity index (χ1v) is 6.85. The highest BCUT2D eigenvalue weighted by Gasteiger charge is 2.38. The van der Waals surface area contributed by atoms with Gasteiger partial charge in [0.25, 0.3) is 0 Å². The summed E-state index contributed by atoms with van der Waals surface area (Å²) in [6.07, 6.45) is -6.16. The molecule has 0 atom stereocenters. The van der Waals surface area contributed by atoms with Gasteiger partial charge in [-0.2, -0.15) is 28.8 Å². The lowest BCUT2D eigenvalue weighted by Gasteiger charge is -2.19. The molecule has 0 aromatic carbocycles. The minimum Gasteiger partial charge on any atom is -0.272 e. The molecule has 0 saturated heterocycles. The van der Waals surface area contributed by atoms with E-state index in [-0.39, 0.29) is 11.8 Å². The zero-order chi connectivity index (χ0) is 17.2. The van der Waals surface area contributed by atoms with E-state index >= 15 is 0 Å². The lowest BCUT2D eigenvalue weighted by molar-refractivity contribution is -0.138. The molecule has 0 saturated carbocycles. The fourth-order valence-electron chi connectivity index (χ4n) is 2.01. The third-order valence-corrected chi connectivity index (χ3v) is 3.49. The Morgan fingerprint density at radius 3 is 2.05 bits per heavy atom. The van der Waals surface area contributed by atoms with Crippen molar-refractivity contribution < 1.29 is 13.2 Å². The van der Waals surface area contributed by atoms with E-state index in [4.69, 9.17) is 0 Å². The van der Waals surface area contributed by atoms with E-state index in [9.17, 15) is 23.7 Å². The SMILES string of the molecule is Cn1nc(C(C)(C)C)cc1CC(C#N)(C#N)CCC(F)(F)F. The van der Waals surface area contributed by atoms with Gasteiger partial charge in [0.1, 0.15) is 5.41 Å². The average molecular weight is 312 g/mol.